The lowest BCUT2D eigenvalue weighted by atomic mass is 9.87. The van der Waals surface area contributed by atoms with Crippen LogP contribution >= 0.6 is 0 Å². The number of carboxylic acids is 2. The van der Waals surface area contributed by atoms with Gasteiger partial charge < -0.3 is 19.9 Å². The molecule has 0 unspecified atom stereocenters. The molecule has 0 saturated heterocycles. The Bertz CT molecular complexity index is 1120. The van der Waals surface area contributed by atoms with Crippen LogP contribution in [0.1, 0.15) is 55.3 Å². The van der Waals surface area contributed by atoms with Crippen LogP contribution in [0.5, 0.6) is 0 Å². The monoisotopic (exact) mass is 444 g/mol. The summed E-state index contributed by atoms with van der Waals surface area (Å²) in [5, 5.41) is 19.2. The van der Waals surface area contributed by atoms with Crippen molar-refractivity contribution in [1.82, 2.24) is 11.0 Å². The summed E-state index contributed by atoms with van der Waals surface area (Å²) < 4.78 is 0. The van der Waals surface area contributed by atoms with Crippen molar-refractivity contribution in [3.05, 3.63) is 58.7 Å². The molecule has 4 N–H and O–H groups in total. The molecule has 2 rings (SSSR count). The van der Waals surface area contributed by atoms with Gasteiger partial charge in [-0.15, -0.1) is 0 Å². The van der Waals surface area contributed by atoms with Crippen molar-refractivity contribution in [3.63, 3.8) is 0 Å². The minimum absolute atomic E-state index is 0.161. The number of hydroxylamine groups is 2. The maximum atomic E-state index is 12.8. The predicted octanol–water partition coefficient (Wildman–Crippen LogP) is 1.17. The summed E-state index contributed by atoms with van der Waals surface area (Å²) in [6.45, 7) is 1.92. The molecular formula is C20H16N2O10. The maximum absolute atomic E-state index is 12.8. The second kappa shape index (κ2) is 9.84. The number of carbonyl (C=O) groups is 6. The predicted molar refractivity (Wildman–Crippen MR) is 104 cm³/mol. The first-order chi connectivity index (χ1) is 15.0. The number of aromatic carboxylic acids is 2. The van der Waals surface area contributed by atoms with Crippen LogP contribution in [0.3, 0.4) is 0 Å². The molecule has 0 fully saturated rings. The second-order valence-electron chi connectivity index (χ2n) is 6.12. The zero-order valence-electron chi connectivity index (χ0n) is 16.6. The van der Waals surface area contributed by atoms with E-state index in [4.69, 9.17) is 0 Å². The molecule has 0 spiro atoms. The van der Waals surface area contributed by atoms with Gasteiger partial charge in [-0.3, -0.25) is 19.2 Å². The van der Waals surface area contributed by atoms with Gasteiger partial charge in [-0.2, -0.15) is 11.0 Å². The number of amides is 2. The lowest BCUT2D eigenvalue weighted by Gasteiger charge is -2.18. The van der Waals surface area contributed by atoms with Crippen LogP contribution in [0, 0.1) is 0 Å². The van der Waals surface area contributed by atoms with Crippen molar-refractivity contribution in [2.75, 3.05) is 0 Å². The highest BCUT2D eigenvalue weighted by Gasteiger charge is 2.33. The fraction of sp³-hybridized carbons (Fsp3) is 0.100. The minimum atomic E-state index is -1.85. The number of carbonyl (C=O) groups excluding carboxylic acids is 4. The van der Waals surface area contributed by atoms with E-state index in [0.717, 1.165) is 19.9 Å². The van der Waals surface area contributed by atoms with Gasteiger partial charge in [-0.1, -0.05) is 30.3 Å². The molecular weight excluding hydrogens is 428 g/mol. The van der Waals surface area contributed by atoms with Crippen molar-refractivity contribution in [1.29, 1.82) is 0 Å². The van der Waals surface area contributed by atoms with Gasteiger partial charge in [0.05, 0.1) is 22.3 Å². The highest BCUT2D eigenvalue weighted by Crippen LogP contribution is 2.32. The molecule has 0 radical (unpaired) electrons. The van der Waals surface area contributed by atoms with Crippen LogP contribution in [-0.4, -0.2) is 45.9 Å². The molecule has 32 heavy (non-hydrogen) atoms. The molecule has 0 heterocycles. The van der Waals surface area contributed by atoms with E-state index in [1.165, 1.54) is 12.1 Å². The Hall–Kier alpha value is -4.74. The number of benzene rings is 2. The van der Waals surface area contributed by atoms with Crippen LogP contribution in [0.4, 0.5) is 0 Å². The summed E-state index contributed by atoms with van der Waals surface area (Å²) >= 11 is 0. The zero-order chi connectivity index (χ0) is 24.0. The summed E-state index contributed by atoms with van der Waals surface area (Å²) in [5.74, 6) is -8.08. The van der Waals surface area contributed by atoms with Crippen molar-refractivity contribution in [2.45, 2.75) is 13.8 Å². The van der Waals surface area contributed by atoms with Gasteiger partial charge in [0.1, 0.15) is 0 Å². The molecule has 12 nitrogen and oxygen atoms in total. The molecule has 0 aliphatic carbocycles. The Balaban J connectivity index is 2.94. The Morgan fingerprint density at radius 3 is 1.66 bits per heavy atom. The summed E-state index contributed by atoms with van der Waals surface area (Å²) in [5.41, 5.74) is 0.0876. The molecule has 0 bridgehead atoms. The number of rotatable bonds is 5. The fourth-order valence-corrected chi connectivity index (χ4v) is 2.72. The first-order valence-corrected chi connectivity index (χ1v) is 8.73. The van der Waals surface area contributed by atoms with Crippen molar-refractivity contribution in [2.24, 2.45) is 0 Å². The molecule has 0 aliphatic rings. The highest BCUT2D eigenvalue weighted by atomic mass is 16.7. The van der Waals surface area contributed by atoms with Crippen LogP contribution in [0.2, 0.25) is 0 Å². The van der Waals surface area contributed by atoms with Crippen LogP contribution in [-0.2, 0) is 19.3 Å². The van der Waals surface area contributed by atoms with E-state index in [-0.39, 0.29) is 11.1 Å². The van der Waals surface area contributed by atoms with Gasteiger partial charge in [0, 0.05) is 13.8 Å². The molecule has 2 aromatic carbocycles. The van der Waals surface area contributed by atoms with Gasteiger partial charge in [-0.05, 0) is 17.2 Å². The number of nitrogens with one attached hydrogen (secondary N) is 2. The largest absolute Gasteiger partial charge is 0.478 e. The van der Waals surface area contributed by atoms with Crippen molar-refractivity contribution < 1.29 is 48.7 Å². The lowest BCUT2D eigenvalue weighted by molar-refractivity contribution is -0.147. The third-order valence-corrected chi connectivity index (χ3v) is 3.89. The van der Waals surface area contributed by atoms with Crippen LogP contribution in [0.15, 0.2) is 36.4 Å². The Labute approximate surface area is 179 Å². The quantitative estimate of drug-likeness (QED) is 0.488. The van der Waals surface area contributed by atoms with Gasteiger partial charge in [0.15, 0.2) is 0 Å². The molecule has 2 amide bonds. The van der Waals surface area contributed by atoms with Gasteiger partial charge in [-0.25, -0.2) is 9.59 Å². The van der Waals surface area contributed by atoms with Gasteiger partial charge in [0.2, 0.25) is 0 Å². The Morgan fingerprint density at radius 2 is 1.22 bits per heavy atom. The smallest absolute Gasteiger partial charge is 0.337 e. The summed E-state index contributed by atoms with van der Waals surface area (Å²) in [4.78, 5) is 80.3. The van der Waals surface area contributed by atoms with E-state index in [1.54, 1.807) is 29.2 Å². The molecule has 0 atom stereocenters. The van der Waals surface area contributed by atoms with Crippen molar-refractivity contribution >= 4 is 35.7 Å². The number of carboxylic acid groups (broad SMARTS) is 2. The van der Waals surface area contributed by atoms with E-state index in [0.29, 0.717) is 0 Å². The topological polar surface area (TPSA) is 185 Å². The van der Waals surface area contributed by atoms with E-state index >= 15 is 0 Å². The summed E-state index contributed by atoms with van der Waals surface area (Å²) in [6, 6.07) is 8.56. The number of hydrogen-bond acceptors (Lipinski definition) is 8. The Morgan fingerprint density at radius 1 is 0.719 bits per heavy atom. The normalized spacial score (nSPS) is 9.94. The van der Waals surface area contributed by atoms with E-state index < -0.39 is 57.9 Å². The average Bonchev–Trinajstić information content (AvgIpc) is 2.74. The van der Waals surface area contributed by atoms with Crippen molar-refractivity contribution in [3.8, 4) is 11.1 Å². The molecule has 12 heteroatoms. The van der Waals surface area contributed by atoms with E-state index in [1.807, 2.05) is 0 Å². The molecule has 0 saturated carbocycles. The summed E-state index contributed by atoms with van der Waals surface area (Å²) in [6.07, 6.45) is 0. The molecule has 166 valence electrons. The standard InChI is InChI=1S/C20H16N2O10/c1-9(23)31-21-17(25)14-12(11-6-4-3-5-7-11)8-13(19(27)28)15(20(29)30)16(14)18(26)22-32-10(2)24/h3-8H,1-2H3,(H,21,25)(H,22,26)(H,27,28)(H,29,30). The van der Waals surface area contributed by atoms with Gasteiger partial charge >= 0.3 is 23.9 Å². The third-order valence-electron chi connectivity index (χ3n) is 3.89. The first kappa shape index (κ1) is 23.5. The van der Waals surface area contributed by atoms with E-state index in [2.05, 4.69) is 9.68 Å². The average molecular weight is 444 g/mol. The van der Waals surface area contributed by atoms with Crippen LogP contribution in [0.25, 0.3) is 11.1 Å². The maximum Gasteiger partial charge on any atom is 0.337 e. The zero-order valence-corrected chi connectivity index (χ0v) is 16.6. The minimum Gasteiger partial charge on any atom is -0.478 e. The number of hydrogen-bond donors (Lipinski definition) is 4. The highest BCUT2D eigenvalue weighted by molar-refractivity contribution is 6.19. The fourth-order valence-electron chi connectivity index (χ4n) is 2.72. The first-order valence-electron chi connectivity index (χ1n) is 8.73. The lowest BCUT2D eigenvalue weighted by Crippen LogP contribution is -2.34. The SMILES string of the molecule is CC(=O)ONC(=O)c1c(-c2ccccc2)cc(C(=O)O)c(C(=O)O)c1C(=O)NOC(C)=O. The van der Waals surface area contributed by atoms with E-state index in [9.17, 15) is 39.0 Å². The molecule has 2 aromatic rings. The van der Waals surface area contributed by atoms with Gasteiger partial charge in [0.25, 0.3) is 11.8 Å². The molecule has 0 aromatic heterocycles. The third kappa shape index (κ3) is 5.24. The second-order valence-corrected chi connectivity index (χ2v) is 6.12. The Kier molecular flexibility index (Phi) is 7.24. The summed E-state index contributed by atoms with van der Waals surface area (Å²) in [7, 11) is 0. The molecule has 0 aliphatic heterocycles. The van der Waals surface area contributed by atoms with Crippen LogP contribution < -0.4 is 11.0 Å².